The molecule has 1 aliphatic rings. The lowest BCUT2D eigenvalue weighted by molar-refractivity contribution is -0.147. The Hall–Kier alpha value is -2.92. The number of esters is 1. The predicted molar refractivity (Wildman–Crippen MR) is 96.0 cm³/mol. The fourth-order valence-electron chi connectivity index (χ4n) is 2.86. The van der Waals surface area contributed by atoms with Crippen molar-refractivity contribution in [1.82, 2.24) is 4.57 Å². The summed E-state index contributed by atoms with van der Waals surface area (Å²) >= 11 is 1.41. The molecule has 2 heterocycles. The highest BCUT2D eigenvalue weighted by atomic mass is 32.1. The quantitative estimate of drug-likeness (QED) is 0.808. The van der Waals surface area contributed by atoms with E-state index >= 15 is 0 Å². The highest BCUT2D eigenvalue weighted by Gasteiger charge is 2.22. The standard InChI is InChI=1S/C18H17N3O4S/c19-9-13-12-5-1-2-6-14(12)26-18(13)20-15(22)11-25-17(24)10-21-8-4-3-7-16(21)23/h3-4,7-8H,1-2,5-6,10-11H2,(H,20,22). The Morgan fingerprint density at radius 1 is 1.31 bits per heavy atom. The molecule has 0 radical (unpaired) electrons. The van der Waals surface area contributed by atoms with E-state index in [-0.39, 0.29) is 12.1 Å². The van der Waals surface area contributed by atoms with Crippen LogP contribution in [0, 0.1) is 11.3 Å². The Balaban J connectivity index is 1.57. The van der Waals surface area contributed by atoms with Gasteiger partial charge in [-0.15, -0.1) is 11.3 Å². The van der Waals surface area contributed by atoms with E-state index < -0.39 is 18.5 Å². The second-order valence-corrected chi connectivity index (χ2v) is 7.01. The number of thiophene rings is 1. The molecule has 0 bridgehead atoms. The van der Waals surface area contributed by atoms with Crippen molar-refractivity contribution in [3.8, 4) is 6.07 Å². The van der Waals surface area contributed by atoms with Gasteiger partial charge >= 0.3 is 5.97 Å². The topological polar surface area (TPSA) is 101 Å². The Bertz CT molecular complexity index is 939. The summed E-state index contributed by atoms with van der Waals surface area (Å²) in [5, 5.41) is 12.5. The third kappa shape index (κ3) is 4.00. The van der Waals surface area contributed by atoms with Crippen LogP contribution in [0.1, 0.15) is 28.8 Å². The van der Waals surface area contributed by atoms with Crippen LogP contribution in [0.3, 0.4) is 0 Å². The van der Waals surface area contributed by atoms with Gasteiger partial charge in [-0.1, -0.05) is 6.07 Å². The largest absolute Gasteiger partial charge is 0.454 e. The van der Waals surface area contributed by atoms with E-state index in [1.807, 2.05) is 0 Å². The number of carbonyl (C=O) groups excluding carboxylic acids is 2. The van der Waals surface area contributed by atoms with Crippen LogP contribution in [0.25, 0.3) is 0 Å². The molecule has 0 aromatic carbocycles. The number of carbonyl (C=O) groups is 2. The Labute approximate surface area is 153 Å². The molecule has 7 nitrogen and oxygen atoms in total. The van der Waals surface area contributed by atoms with E-state index in [0.717, 1.165) is 36.1 Å². The Morgan fingerprint density at radius 2 is 2.12 bits per heavy atom. The highest BCUT2D eigenvalue weighted by molar-refractivity contribution is 7.16. The van der Waals surface area contributed by atoms with E-state index in [9.17, 15) is 19.6 Å². The van der Waals surface area contributed by atoms with E-state index in [0.29, 0.717) is 10.6 Å². The van der Waals surface area contributed by atoms with Crippen LogP contribution < -0.4 is 10.9 Å². The van der Waals surface area contributed by atoms with Gasteiger partial charge in [0.05, 0.1) is 5.56 Å². The maximum Gasteiger partial charge on any atom is 0.326 e. The van der Waals surface area contributed by atoms with Crippen molar-refractivity contribution in [2.45, 2.75) is 32.2 Å². The fraction of sp³-hybridized carbons (Fsp3) is 0.333. The van der Waals surface area contributed by atoms with Gasteiger partial charge in [0.25, 0.3) is 11.5 Å². The predicted octanol–water partition coefficient (Wildman–Crippen LogP) is 1.84. The number of nitrogens with zero attached hydrogens (tertiary/aromatic N) is 2. The van der Waals surface area contributed by atoms with Gasteiger partial charge in [-0.2, -0.15) is 5.26 Å². The first-order chi connectivity index (χ1) is 12.6. The average Bonchev–Trinajstić information content (AvgIpc) is 2.99. The second kappa shape index (κ2) is 7.97. The number of pyridine rings is 1. The molecule has 0 saturated carbocycles. The van der Waals surface area contributed by atoms with E-state index in [2.05, 4.69) is 11.4 Å². The van der Waals surface area contributed by atoms with Gasteiger partial charge in [-0.05, 0) is 37.3 Å². The van der Waals surface area contributed by atoms with Gasteiger partial charge in [0, 0.05) is 17.1 Å². The van der Waals surface area contributed by atoms with Gasteiger partial charge in [-0.3, -0.25) is 14.4 Å². The smallest absolute Gasteiger partial charge is 0.326 e. The monoisotopic (exact) mass is 371 g/mol. The number of hydrogen-bond donors (Lipinski definition) is 1. The zero-order valence-corrected chi connectivity index (χ0v) is 14.8. The van der Waals surface area contributed by atoms with Crippen molar-refractivity contribution >= 4 is 28.2 Å². The molecular formula is C18H17N3O4S. The van der Waals surface area contributed by atoms with Crippen LogP contribution in [-0.2, 0) is 33.7 Å². The zero-order valence-electron chi connectivity index (χ0n) is 14.0. The lowest BCUT2D eigenvalue weighted by Crippen LogP contribution is -2.26. The maximum atomic E-state index is 12.1. The van der Waals surface area contributed by atoms with Crippen LogP contribution in [0.5, 0.6) is 0 Å². The minimum atomic E-state index is -0.681. The molecule has 8 heteroatoms. The van der Waals surface area contributed by atoms with Gasteiger partial charge in [-0.25, -0.2) is 0 Å². The molecule has 1 amide bonds. The molecule has 2 aromatic rings. The number of rotatable bonds is 5. The average molecular weight is 371 g/mol. The van der Waals surface area contributed by atoms with Crippen LogP contribution >= 0.6 is 11.3 Å². The lowest BCUT2D eigenvalue weighted by atomic mass is 9.96. The van der Waals surface area contributed by atoms with Gasteiger partial charge < -0.3 is 14.6 Å². The number of ether oxygens (including phenoxy) is 1. The molecule has 1 N–H and O–H groups in total. The van der Waals surface area contributed by atoms with Crippen LogP contribution in [-0.4, -0.2) is 23.1 Å². The lowest BCUT2D eigenvalue weighted by Gasteiger charge is -2.09. The van der Waals surface area contributed by atoms with Crippen molar-refractivity contribution in [3.63, 3.8) is 0 Å². The summed E-state index contributed by atoms with van der Waals surface area (Å²) in [7, 11) is 0. The number of amides is 1. The number of nitriles is 1. The molecule has 1 aliphatic carbocycles. The minimum Gasteiger partial charge on any atom is -0.454 e. The summed E-state index contributed by atoms with van der Waals surface area (Å²) in [6.45, 7) is -0.725. The van der Waals surface area contributed by atoms with Crippen molar-refractivity contribution < 1.29 is 14.3 Å². The number of aryl methyl sites for hydroxylation is 1. The van der Waals surface area contributed by atoms with E-state index in [1.165, 1.54) is 28.2 Å². The first-order valence-corrected chi connectivity index (χ1v) is 9.05. The van der Waals surface area contributed by atoms with Crippen molar-refractivity contribution in [2.24, 2.45) is 0 Å². The molecule has 0 aliphatic heterocycles. The van der Waals surface area contributed by atoms with E-state index in [1.54, 1.807) is 12.1 Å². The molecule has 26 heavy (non-hydrogen) atoms. The molecule has 0 atom stereocenters. The third-order valence-corrected chi connectivity index (χ3v) is 5.31. The van der Waals surface area contributed by atoms with Crippen molar-refractivity contribution in [2.75, 3.05) is 11.9 Å². The second-order valence-electron chi connectivity index (χ2n) is 5.90. The van der Waals surface area contributed by atoms with Crippen LogP contribution in [0.4, 0.5) is 5.00 Å². The minimum absolute atomic E-state index is 0.260. The zero-order chi connectivity index (χ0) is 18.5. The number of fused-ring (bicyclic) bond motifs is 1. The molecule has 0 spiro atoms. The third-order valence-electron chi connectivity index (χ3n) is 4.10. The number of aromatic nitrogens is 1. The highest BCUT2D eigenvalue weighted by Crippen LogP contribution is 2.37. The summed E-state index contributed by atoms with van der Waals surface area (Å²) in [5.74, 6) is -1.19. The molecule has 134 valence electrons. The normalized spacial score (nSPS) is 12.7. The Kier molecular flexibility index (Phi) is 5.49. The summed E-state index contributed by atoms with van der Waals surface area (Å²) in [6.07, 6.45) is 5.38. The molecule has 0 saturated heterocycles. The fourth-order valence-corrected chi connectivity index (χ4v) is 4.11. The van der Waals surface area contributed by atoms with Crippen molar-refractivity contribution in [3.05, 3.63) is 50.8 Å². The number of anilines is 1. The molecule has 3 rings (SSSR count). The first kappa shape index (κ1) is 17.9. The SMILES string of the molecule is N#Cc1c(NC(=O)COC(=O)Cn2ccccc2=O)sc2c1CCCC2. The Morgan fingerprint density at radius 3 is 2.88 bits per heavy atom. The molecule has 0 unspecified atom stereocenters. The molecule has 0 fully saturated rings. The van der Waals surface area contributed by atoms with Gasteiger partial charge in [0.2, 0.25) is 0 Å². The maximum absolute atomic E-state index is 12.1. The number of hydrogen-bond acceptors (Lipinski definition) is 6. The van der Waals surface area contributed by atoms with Gasteiger partial charge in [0.1, 0.15) is 17.6 Å². The molecular weight excluding hydrogens is 354 g/mol. The summed E-state index contributed by atoms with van der Waals surface area (Å²) < 4.78 is 6.12. The molecule has 2 aromatic heterocycles. The van der Waals surface area contributed by atoms with Crippen molar-refractivity contribution in [1.29, 1.82) is 5.26 Å². The summed E-state index contributed by atoms with van der Waals surface area (Å²) in [6, 6.07) is 6.70. The first-order valence-electron chi connectivity index (χ1n) is 8.24. The van der Waals surface area contributed by atoms with E-state index in [4.69, 9.17) is 4.74 Å². The van der Waals surface area contributed by atoms with Crippen LogP contribution in [0.15, 0.2) is 29.2 Å². The van der Waals surface area contributed by atoms with Gasteiger partial charge in [0.15, 0.2) is 6.61 Å². The summed E-state index contributed by atoms with van der Waals surface area (Å²) in [5.41, 5.74) is 1.22. The number of nitrogens with one attached hydrogen (secondary N) is 1. The van der Waals surface area contributed by atoms with Crippen LogP contribution in [0.2, 0.25) is 0 Å². The summed E-state index contributed by atoms with van der Waals surface area (Å²) in [4.78, 5) is 36.5.